The molecule has 2 aromatic heterocycles. The maximum absolute atomic E-state index is 12.4. The predicted octanol–water partition coefficient (Wildman–Crippen LogP) is 6.50. The second kappa shape index (κ2) is 8.79. The number of benzene rings is 2. The van der Waals surface area contributed by atoms with Gasteiger partial charge in [-0.2, -0.15) is 0 Å². The zero-order chi connectivity index (χ0) is 23.7. The van der Waals surface area contributed by atoms with Crippen molar-refractivity contribution in [2.45, 2.75) is 31.3 Å². The van der Waals surface area contributed by atoms with Crippen molar-refractivity contribution in [1.29, 1.82) is 0 Å². The fourth-order valence-electron chi connectivity index (χ4n) is 3.85. The minimum atomic E-state index is -0.751. The Hall–Kier alpha value is -3.91. The minimum absolute atomic E-state index is 0.202. The van der Waals surface area contributed by atoms with Crippen LogP contribution in [-0.4, -0.2) is 22.2 Å². The highest BCUT2D eigenvalue weighted by atomic mass is 32.1. The number of rotatable bonds is 7. The van der Waals surface area contributed by atoms with Crippen LogP contribution in [0, 0.1) is 0 Å². The van der Waals surface area contributed by atoms with Crippen LogP contribution in [0.1, 0.15) is 36.3 Å². The molecule has 0 saturated heterocycles. The van der Waals surface area contributed by atoms with Gasteiger partial charge in [-0.1, -0.05) is 54.6 Å². The van der Waals surface area contributed by atoms with E-state index in [0.29, 0.717) is 18.5 Å². The summed E-state index contributed by atoms with van der Waals surface area (Å²) in [6, 6.07) is 21.0. The summed E-state index contributed by atoms with van der Waals surface area (Å²) in [5, 5.41) is 12.2. The number of hydrogen-bond acceptors (Lipinski definition) is 6. The van der Waals surface area contributed by atoms with E-state index >= 15 is 0 Å². The van der Waals surface area contributed by atoms with Crippen LogP contribution in [0.5, 0.6) is 0 Å². The number of oxazole rings is 1. The number of hydrogen-bond donors (Lipinski definition) is 2. The molecule has 1 aliphatic rings. The fourth-order valence-corrected chi connectivity index (χ4v) is 5.10. The first-order valence-corrected chi connectivity index (χ1v) is 11.7. The van der Waals surface area contributed by atoms with Crippen LogP contribution in [-0.2, 0) is 14.9 Å². The Kier molecular flexibility index (Phi) is 5.67. The van der Waals surface area contributed by atoms with Crippen molar-refractivity contribution in [2.24, 2.45) is 0 Å². The van der Waals surface area contributed by atoms with Gasteiger partial charge in [-0.25, -0.2) is 9.78 Å². The number of nitrogens with zero attached hydrogens (tertiary/aromatic N) is 1. The van der Waals surface area contributed by atoms with Crippen LogP contribution >= 0.6 is 11.3 Å². The van der Waals surface area contributed by atoms with Gasteiger partial charge in [0, 0.05) is 15.3 Å². The van der Waals surface area contributed by atoms with Gasteiger partial charge in [0.2, 0.25) is 5.88 Å². The molecule has 8 heteroatoms. The summed E-state index contributed by atoms with van der Waals surface area (Å²) in [7, 11) is 0. The van der Waals surface area contributed by atoms with E-state index in [1.165, 1.54) is 17.7 Å². The highest BCUT2D eigenvalue weighted by Gasteiger charge is 2.52. The topological polar surface area (TPSA) is 102 Å². The maximum Gasteiger partial charge on any atom is 0.414 e. The average molecular weight is 475 g/mol. The van der Waals surface area contributed by atoms with Gasteiger partial charge >= 0.3 is 12.1 Å². The summed E-state index contributed by atoms with van der Waals surface area (Å²) in [6.07, 6.45) is 1.60. The molecule has 0 bridgehead atoms. The Balaban J connectivity index is 1.28. The highest BCUT2D eigenvalue weighted by molar-refractivity contribution is 7.15. The van der Waals surface area contributed by atoms with Crippen molar-refractivity contribution >= 4 is 29.3 Å². The van der Waals surface area contributed by atoms with Gasteiger partial charge in [-0.15, -0.1) is 11.3 Å². The maximum atomic E-state index is 12.4. The number of amides is 1. The third kappa shape index (κ3) is 4.20. The van der Waals surface area contributed by atoms with Crippen LogP contribution in [0.4, 0.5) is 10.7 Å². The molecule has 0 radical (unpaired) electrons. The first-order valence-electron chi connectivity index (χ1n) is 10.9. The number of ether oxygens (including phenoxy) is 1. The van der Waals surface area contributed by atoms with Crippen molar-refractivity contribution < 1.29 is 23.8 Å². The number of thiophene rings is 1. The number of carboxylic acids is 1. The molecule has 1 amide bonds. The van der Waals surface area contributed by atoms with Crippen molar-refractivity contribution in [1.82, 2.24) is 4.98 Å². The molecule has 1 unspecified atom stereocenters. The number of carboxylic acid groups (broad SMARTS) is 1. The molecule has 2 aromatic carbocycles. The zero-order valence-electron chi connectivity index (χ0n) is 18.4. The van der Waals surface area contributed by atoms with Gasteiger partial charge in [0.05, 0.1) is 0 Å². The van der Waals surface area contributed by atoms with Crippen molar-refractivity contribution in [2.75, 3.05) is 5.32 Å². The molecule has 1 saturated carbocycles. The third-order valence-corrected chi connectivity index (χ3v) is 7.35. The lowest BCUT2D eigenvalue weighted by Gasteiger charge is -2.13. The summed E-state index contributed by atoms with van der Waals surface area (Å²) in [5.41, 5.74) is 2.43. The summed E-state index contributed by atoms with van der Waals surface area (Å²) in [4.78, 5) is 30.1. The Morgan fingerprint density at radius 2 is 1.76 bits per heavy atom. The smallest absolute Gasteiger partial charge is 0.414 e. The third-order valence-electron chi connectivity index (χ3n) is 6.02. The Morgan fingerprint density at radius 3 is 2.44 bits per heavy atom. The number of anilines is 1. The number of carbonyl (C=O) groups excluding carboxylic acids is 1. The lowest BCUT2D eigenvalue weighted by atomic mass is 10.1. The first kappa shape index (κ1) is 21.9. The predicted molar refractivity (Wildman–Crippen MR) is 129 cm³/mol. The highest BCUT2D eigenvalue weighted by Crippen LogP contribution is 2.51. The SMILES string of the molecule is CC(OC(=O)Nc1ocnc1-c1ccc(-c2ccc(C3(C(=O)O)CC3)s2)cc1)c1ccccc1. The molecule has 34 heavy (non-hydrogen) atoms. The van der Waals surface area contributed by atoms with Crippen molar-refractivity contribution in [3.63, 3.8) is 0 Å². The lowest BCUT2D eigenvalue weighted by Crippen LogP contribution is -2.17. The number of aromatic nitrogens is 1. The molecule has 1 aliphatic carbocycles. The van der Waals surface area contributed by atoms with Crippen LogP contribution in [0.2, 0.25) is 0 Å². The van der Waals surface area contributed by atoms with E-state index in [2.05, 4.69) is 10.3 Å². The second-order valence-corrected chi connectivity index (χ2v) is 9.33. The molecule has 5 rings (SSSR count). The monoisotopic (exact) mass is 474 g/mol. The lowest BCUT2D eigenvalue weighted by molar-refractivity contribution is -0.139. The minimum Gasteiger partial charge on any atom is -0.481 e. The Bertz CT molecular complexity index is 1320. The number of aliphatic carboxylic acids is 1. The van der Waals surface area contributed by atoms with Gasteiger partial charge in [0.15, 0.2) is 6.39 Å². The van der Waals surface area contributed by atoms with E-state index in [4.69, 9.17) is 9.15 Å². The molecule has 1 atom stereocenters. The van der Waals surface area contributed by atoms with Crippen LogP contribution in [0.3, 0.4) is 0 Å². The van der Waals surface area contributed by atoms with E-state index in [-0.39, 0.29) is 5.88 Å². The number of nitrogens with one attached hydrogen (secondary N) is 1. The van der Waals surface area contributed by atoms with E-state index in [1.54, 1.807) is 6.92 Å². The van der Waals surface area contributed by atoms with Gasteiger partial charge in [0.1, 0.15) is 17.2 Å². The fraction of sp³-hybridized carbons (Fsp3) is 0.192. The molecule has 0 aliphatic heterocycles. The summed E-state index contributed by atoms with van der Waals surface area (Å²) < 4.78 is 10.8. The van der Waals surface area contributed by atoms with E-state index in [0.717, 1.165) is 26.4 Å². The van der Waals surface area contributed by atoms with Crippen LogP contribution in [0.15, 0.2) is 77.5 Å². The van der Waals surface area contributed by atoms with Crippen LogP contribution < -0.4 is 5.32 Å². The molecule has 1 fully saturated rings. The largest absolute Gasteiger partial charge is 0.481 e. The Morgan fingerprint density at radius 1 is 1.06 bits per heavy atom. The quantitative estimate of drug-likeness (QED) is 0.317. The van der Waals surface area contributed by atoms with Crippen molar-refractivity contribution in [3.05, 3.63) is 83.6 Å². The normalized spacial score (nSPS) is 14.9. The van der Waals surface area contributed by atoms with Crippen LogP contribution in [0.25, 0.3) is 21.7 Å². The summed E-state index contributed by atoms with van der Waals surface area (Å²) in [6.45, 7) is 1.80. The molecule has 2 heterocycles. The van der Waals surface area contributed by atoms with Crippen molar-refractivity contribution in [3.8, 4) is 21.7 Å². The van der Waals surface area contributed by atoms with Gasteiger partial charge in [0.25, 0.3) is 0 Å². The van der Waals surface area contributed by atoms with Gasteiger partial charge in [-0.05, 0) is 43.0 Å². The molecule has 172 valence electrons. The van der Waals surface area contributed by atoms with E-state index in [1.807, 2.05) is 66.7 Å². The summed E-state index contributed by atoms with van der Waals surface area (Å²) in [5.74, 6) is -0.549. The molecule has 0 spiro atoms. The average Bonchev–Trinajstić information content (AvgIpc) is 3.29. The van der Waals surface area contributed by atoms with Gasteiger partial charge in [-0.3, -0.25) is 10.1 Å². The molecule has 2 N–H and O–H groups in total. The second-order valence-electron chi connectivity index (χ2n) is 8.24. The first-order chi connectivity index (χ1) is 16.5. The molecular weight excluding hydrogens is 452 g/mol. The molecular formula is C26H22N2O5S. The molecule has 4 aromatic rings. The number of carbonyl (C=O) groups is 2. The summed E-state index contributed by atoms with van der Waals surface area (Å²) >= 11 is 1.51. The van der Waals surface area contributed by atoms with E-state index in [9.17, 15) is 14.7 Å². The Labute approximate surface area is 200 Å². The molecule has 7 nitrogen and oxygen atoms in total. The standard InChI is InChI=1S/C26H22N2O5S/c1-16(17-5-3-2-4-6-17)33-25(31)28-23-22(27-15-32-23)19-9-7-18(8-10-19)20-11-12-21(34-20)26(13-14-26)24(29)30/h2-12,15-16H,13-14H2,1H3,(H,28,31)(H,29,30). The zero-order valence-corrected chi connectivity index (χ0v) is 19.2. The van der Waals surface area contributed by atoms with Gasteiger partial charge < -0.3 is 14.3 Å². The van der Waals surface area contributed by atoms with E-state index < -0.39 is 23.6 Å².